The first kappa shape index (κ1) is 12.4. The average molecular weight is 255 g/mol. The van der Waals surface area contributed by atoms with Crippen molar-refractivity contribution in [1.29, 1.82) is 0 Å². The lowest BCUT2D eigenvalue weighted by Gasteiger charge is -2.25. The van der Waals surface area contributed by atoms with Gasteiger partial charge in [0.05, 0.1) is 17.4 Å². The van der Waals surface area contributed by atoms with Gasteiger partial charge in [-0.05, 0) is 31.5 Å². The third kappa shape index (κ3) is 2.71. The fourth-order valence-corrected chi connectivity index (χ4v) is 2.74. The lowest BCUT2D eigenvalue weighted by Crippen LogP contribution is -2.37. The van der Waals surface area contributed by atoms with E-state index in [1.54, 1.807) is 0 Å². The Bertz CT molecular complexity index is 552. The molecule has 1 saturated heterocycles. The van der Waals surface area contributed by atoms with Crippen molar-refractivity contribution in [3.8, 4) is 0 Å². The maximum absolute atomic E-state index is 4.58. The molecule has 2 heterocycles. The Labute approximate surface area is 114 Å². The molecule has 1 aliphatic rings. The highest BCUT2D eigenvalue weighted by atomic mass is 15.2. The Morgan fingerprint density at radius 2 is 2.26 bits per heavy atom. The maximum Gasteiger partial charge on any atom is 0.0703 e. The summed E-state index contributed by atoms with van der Waals surface area (Å²) >= 11 is 0. The third-order valence-electron chi connectivity index (χ3n) is 3.91. The van der Waals surface area contributed by atoms with Crippen LogP contribution in [0.2, 0.25) is 0 Å². The normalized spacial score (nSPS) is 20.5. The summed E-state index contributed by atoms with van der Waals surface area (Å²) in [7, 11) is 0. The second kappa shape index (κ2) is 5.57. The van der Waals surface area contributed by atoms with Crippen molar-refractivity contribution >= 4 is 16.6 Å². The number of aromatic nitrogens is 1. The Morgan fingerprint density at radius 3 is 3.16 bits per heavy atom. The van der Waals surface area contributed by atoms with Crippen LogP contribution in [-0.4, -0.2) is 30.7 Å². The first-order valence-corrected chi connectivity index (χ1v) is 7.20. The lowest BCUT2D eigenvalue weighted by molar-refractivity contribution is 0.528. The predicted octanol–water partition coefficient (Wildman–Crippen LogP) is 2.81. The second-order valence-corrected chi connectivity index (χ2v) is 5.25. The molecule has 1 N–H and O–H groups in total. The number of anilines is 1. The van der Waals surface area contributed by atoms with Crippen molar-refractivity contribution in [2.45, 2.75) is 25.8 Å². The van der Waals surface area contributed by atoms with Gasteiger partial charge in [-0.3, -0.25) is 4.98 Å². The van der Waals surface area contributed by atoms with Gasteiger partial charge in [0.1, 0.15) is 0 Å². The molecule has 3 rings (SSSR count). The van der Waals surface area contributed by atoms with Gasteiger partial charge in [0.25, 0.3) is 0 Å². The van der Waals surface area contributed by atoms with Crippen molar-refractivity contribution in [3.63, 3.8) is 0 Å². The topological polar surface area (TPSA) is 28.2 Å². The molecule has 0 aliphatic carbocycles. The number of pyridine rings is 1. The van der Waals surface area contributed by atoms with Gasteiger partial charge in [-0.2, -0.15) is 0 Å². The minimum atomic E-state index is 0.592. The molecule has 100 valence electrons. The molecular weight excluding hydrogens is 234 g/mol. The van der Waals surface area contributed by atoms with E-state index in [0.29, 0.717) is 6.04 Å². The van der Waals surface area contributed by atoms with Crippen LogP contribution in [0.3, 0.4) is 0 Å². The smallest absolute Gasteiger partial charge is 0.0703 e. The van der Waals surface area contributed by atoms with E-state index in [1.165, 1.54) is 23.9 Å². The summed E-state index contributed by atoms with van der Waals surface area (Å²) in [6.07, 6.45) is 4.39. The van der Waals surface area contributed by atoms with Gasteiger partial charge in [-0.15, -0.1) is 0 Å². The van der Waals surface area contributed by atoms with Crippen molar-refractivity contribution in [2.24, 2.45) is 0 Å². The monoisotopic (exact) mass is 255 g/mol. The molecule has 1 atom stereocenters. The molecular formula is C16H21N3. The van der Waals surface area contributed by atoms with E-state index in [2.05, 4.69) is 46.4 Å². The number of rotatable bonds is 2. The number of nitrogens with one attached hydrogen (secondary N) is 1. The Hall–Kier alpha value is -1.61. The van der Waals surface area contributed by atoms with E-state index >= 15 is 0 Å². The summed E-state index contributed by atoms with van der Waals surface area (Å²) in [6, 6.07) is 11.2. The fraction of sp³-hybridized carbons (Fsp3) is 0.438. The van der Waals surface area contributed by atoms with Gasteiger partial charge >= 0.3 is 0 Å². The van der Waals surface area contributed by atoms with Gasteiger partial charge in [-0.25, -0.2) is 0 Å². The van der Waals surface area contributed by atoms with E-state index in [-0.39, 0.29) is 0 Å². The number of hydrogen-bond donors (Lipinski definition) is 1. The highest BCUT2D eigenvalue weighted by Crippen LogP contribution is 2.21. The summed E-state index contributed by atoms with van der Waals surface area (Å²) in [5, 5.41) is 4.83. The molecule has 0 saturated carbocycles. The van der Waals surface area contributed by atoms with Crippen LogP contribution in [0.5, 0.6) is 0 Å². The average Bonchev–Trinajstić information content (AvgIpc) is 2.72. The number of para-hydroxylation sites is 1. The number of benzene rings is 1. The van der Waals surface area contributed by atoms with Crippen molar-refractivity contribution in [2.75, 3.05) is 24.5 Å². The van der Waals surface area contributed by atoms with Crippen LogP contribution in [0.25, 0.3) is 10.9 Å². The number of nitrogens with zero attached hydrogens (tertiary/aromatic N) is 2. The Kier molecular flexibility index (Phi) is 3.65. The second-order valence-electron chi connectivity index (χ2n) is 5.25. The lowest BCUT2D eigenvalue weighted by atomic mass is 10.2. The minimum absolute atomic E-state index is 0.592. The predicted molar refractivity (Wildman–Crippen MR) is 80.7 cm³/mol. The van der Waals surface area contributed by atoms with Crippen LogP contribution >= 0.6 is 0 Å². The highest BCUT2D eigenvalue weighted by molar-refractivity contribution is 5.81. The molecule has 2 aromatic rings. The molecule has 3 heteroatoms. The van der Waals surface area contributed by atoms with Crippen LogP contribution in [0.1, 0.15) is 19.8 Å². The van der Waals surface area contributed by atoms with Gasteiger partial charge in [-0.1, -0.05) is 25.1 Å². The summed E-state index contributed by atoms with van der Waals surface area (Å²) in [5.74, 6) is 0. The molecule has 0 spiro atoms. The molecule has 1 unspecified atom stereocenters. The fourth-order valence-electron chi connectivity index (χ4n) is 2.74. The highest BCUT2D eigenvalue weighted by Gasteiger charge is 2.16. The summed E-state index contributed by atoms with van der Waals surface area (Å²) in [5.41, 5.74) is 2.33. The van der Waals surface area contributed by atoms with Gasteiger partial charge < -0.3 is 10.2 Å². The van der Waals surface area contributed by atoms with E-state index in [4.69, 9.17) is 0 Å². The first-order chi connectivity index (χ1) is 9.36. The first-order valence-electron chi connectivity index (χ1n) is 7.20. The molecule has 1 aliphatic heterocycles. The van der Waals surface area contributed by atoms with Crippen molar-refractivity contribution in [1.82, 2.24) is 10.3 Å². The van der Waals surface area contributed by atoms with Gasteiger partial charge in [0.2, 0.25) is 0 Å². The zero-order valence-electron chi connectivity index (χ0n) is 11.5. The third-order valence-corrected chi connectivity index (χ3v) is 3.91. The van der Waals surface area contributed by atoms with E-state index < -0.39 is 0 Å². The van der Waals surface area contributed by atoms with Gasteiger partial charge in [0, 0.05) is 24.5 Å². The van der Waals surface area contributed by atoms with Crippen LogP contribution in [0, 0.1) is 0 Å². The van der Waals surface area contributed by atoms with Crippen molar-refractivity contribution in [3.05, 3.63) is 36.5 Å². The largest absolute Gasteiger partial charge is 0.369 e. The molecule has 3 nitrogen and oxygen atoms in total. The molecule has 0 bridgehead atoms. The molecule has 1 fully saturated rings. The Balaban J connectivity index is 1.89. The van der Waals surface area contributed by atoms with Crippen LogP contribution in [-0.2, 0) is 0 Å². The molecule has 1 aromatic heterocycles. The standard InChI is InChI=1S/C16H21N3/c1-2-14-12-19(9-5-8-17-14)15-10-13-6-3-4-7-16(13)18-11-15/h3-4,6-7,10-11,14,17H,2,5,8-9,12H2,1H3. The maximum atomic E-state index is 4.58. The summed E-state index contributed by atoms with van der Waals surface area (Å²) < 4.78 is 0. The quantitative estimate of drug-likeness (QED) is 0.894. The summed E-state index contributed by atoms with van der Waals surface area (Å²) in [4.78, 5) is 7.04. The van der Waals surface area contributed by atoms with E-state index in [9.17, 15) is 0 Å². The number of hydrogen-bond acceptors (Lipinski definition) is 3. The number of fused-ring (bicyclic) bond motifs is 1. The van der Waals surface area contributed by atoms with Crippen LogP contribution in [0.15, 0.2) is 36.5 Å². The van der Waals surface area contributed by atoms with E-state index in [0.717, 1.165) is 25.2 Å². The zero-order valence-corrected chi connectivity index (χ0v) is 11.5. The zero-order chi connectivity index (χ0) is 13.1. The molecule has 0 radical (unpaired) electrons. The summed E-state index contributed by atoms with van der Waals surface area (Å²) in [6.45, 7) is 5.57. The molecule has 19 heavy (non-hydrogen) atoms. The molecule has 0 amide bonds. The van der Waals surface area contributed by atoms with E-state index in [1.807, 2.05) is 12.3 Å². The SMILES string of the molecule is CCC1CN(c2cnc3ccccc3c2)CCCN1. The Morgan fingerprint density at radius 1 is 1.37 bits per heavy atom. The van der Waals surface area contributed by atoms with Crippen LogP contribution < -0.4 is 10.2 Å². The minimum Gasteiger partial charge on any atom is -0.369 e. The van der Waals surface area contributed by atoms with Crippen molar-refractivity contribution < 1.29 is 0 Å². The molecule has 1 aromatic carbocycles. The van der Waals surface area contributed by atoms with Gasteiger partial charge in [0.15, 0.2) is 0 Å². The van der Waals surface area contributed by atoms with Crippen LogP contribution in [0.4, 0.5) is 5.69 Å².